The van der Waals surface area contributed by atoms with Crippen molar-refractivity contribution < 1.29 is 4.39 Å². The van der Waals surface area contributed by atoms with Crippen LogP contribution in [0.1, 0.15) is 12.0 Å². The second-order valence-electron chi connectivity index (χ2n) is 4.25. The molecule has 0 spiro atoms. The van der Waals surface area contributed by atoms with Crippen LogP contribution in [0.4, 0.5) is 4.39 Å². The Hall–Kier alpha value is -0.160. The molecule has 96 valence electrons. The number of hydrogen-bond acceptors (Lipinski definition) is 2. The number of likely N-dealkylation sites (tertiary alicyclic amines) is 1. The van der Waals surface area contributed by atoms with Crippen LogP contribution in [0.25, 0.3) is 0 Å². The first-order valence-corrected chi connectivity index (χ1v) is 6.32. The van der Waals surface area contributed by atoms with Gasteiger partial charge in [0, 0.05) is 35.7 Å². The normalized spacial score (nSPS) is 20.3. The van der Waals surface area contributed by atoms with Gasteiger partial charge in [-0.25, -0.2) is 4.39 Å². The zero-order chi connectivity index (χ0) is 11.5. The quantitative estimate of drug-likeness (QED) is 0.920. The van der Waals surface area contributed by atoms with Crippen molar-refractivity contribution in [3.05, 3.63) is 34.1 Å². The summed E-state index contributed by atoms with van der Waals surface area (Å²) in [5.41, 5.74) is 0.770. The lowest BCUT2D eigenvalue weighted by Gasteiger charge is -2.16. The molecule has 0 aromatic heterocycles. The Kier molecular flexibility index (Phi) is 5.86. The fourth-order valence-electron chi connectivity index (χ4n) is 2.12. The molecule has 1 aromatic carbocycles. The lowest BCUT2D eigenvalue weighted by Crippen LogP contribution is -2.29. The second-order valence-corrected chi connectivity index (χ2v) is 5.16. The van der Waals surface area contributed by atoms with Crippen LogP contribution in [0.3, 0.4) is 0 Å². The van der Waals surface area contributed by atoms with Crippen LogP contribution in [-0.4, -0.2) is 31.1 Å². The number of likely N-dealkylation sites (N-methyl/N-ethyl adjacent to an activating group) is 1. The first-order valence-electron chi connectivity index (χ1n) is 5.52. The van der Waals surface area contributed by atoms with Gasteiger partial charge in [-0.3, -0.25) is 4.90 Å². The molecule has 0 amide bonds. The highest BCUT2D eigenvalue weighted by Crippen LogP contribution is 2.19. The fourth-order valence-corrected chi connectivity index (χ4v) is 2.53. The highest BCUT2D eigenvalue weighted by molar-refractivity contribution is 9.10. The van der Waals surface area contributed by atoms with Gasteiger partial charge in [-0.2, -0.15) is 0 Å². The summed E-state index contributed by atoms with van der Waals surface area (Å²) in [6.07, 6.45) is 1.14. The first-order chi connectivity index (χ1) is 7.69. The summed E-state index contributed by atoms with van der Waals surface area (Å²) >= 11 is 3.37. The van der Waals surface area contributed by atoms with Crippen molar-refractivity contribution in [3.8, 4) is 0 Å². The van der Waals surface area contributed by atoms with E-state index in [4.69, 9.17) is 0 Å². The van der Waals surface area contributed by atoms with E-state index in [1.807, 2.05) is 13.1 Å². The van der Waals surface area contributed by atoms with Crippen molar-refractivity contribution in [2.75, 3.05) is 20.1 Å². The smallest absolute Gasteiger partial charge is 0.127 e. The average molecular weight is 324 g/mol. The number of benzene rings is 1. The van der Waals surface area contributed by atoms with Gasteiger partial charge in [-0.15, -0.1) is 12.4 Å². The van der Waals surface area contributed by atoms with E-state index < -0.39 is 0 Å². The predicted octanol–water partition coefficient (Wildman–Crippen LogP) is 2.80. The van der Waals surface area contributed by atoms with Crippen LogP contribution in [0.15, 0.2) is 22.7 Å². The summed E-state index contributed by atoms with van der Waals surface area (Å²) in [5, 5.41) is 3.26. The monoisotopic (exact) mass is 322 g/mol. The van der Waals surface area contributed by atoms with E-state index in [2.05, 4.69) is 26.1 Å². The minimum atomic E-state index is -0.115. The van der Waals surface area contributed by atoms with Gasteiger partial charge in [0.25, 0.3) is 0 Å². The third-order valence-corrected chi connectivity index (χ3v) is 3.58. The highest BCUT2D eigenvalue weighted by Gasteiger charge is 2.21. The molecule has 1 fully saturated rings. The maximum absolute atomic E-state index is 13.5. The molecule has 0 bridgehead atoms. The summed E-state index contributed by atoms with van der Waals surface area (Å²) < 4.78 is 14.5. The molecule has 1 heterocycles. The van der Waals surface area contributed by atoms with Gasteiger partial charge in [0.05, 0.1) is 0 Å². The third-order valence-electron chi connectivity index (χ3n) is 3.08. The molecule has 17 heavy (non-hydrogen) atoms. The Bertz CT molecular complexity index is 376. The summed E-state index contributed by atoms with van der Waals surface area (Å²) in [6.45, 7) is 2.74. The molecular weight excluding hydrogens is 307 g/mol. The van der Waals surface area contributed by atoms with Gasteiger partial charge >= 0.3 is 0 Å². The molecular formula is C12H17BrClFN2. The summed E-state index contributed by atoms with van der Waals surface area (Å²) in [4.78, 5) is 2.28. The maximum atomic E-state index is 13.5. The number of nitrogens with zero attached hydrogens (tertiary/aromatic N) is 1. The second kappa shape index (κ2) is 6.69. The van der Waals surface area contributed by atoms with Crippen molar-refractivity contribution in [1.29, 1.82) is 0 Å². The first kappa shape index (κ1) is 14.9. The SMILES string of the molecule is CNC1CCN(Cc2cc(Br)ccc2F)C1.Cl. The molecule has 0 saturated carbocycles. The van der Waals surface area contributed by atoms with Crippen LogP contribution in [0, 0.1) is 5.82 Å². The number of rotatable bonds is 3. The zero-order valence-corrected chi connectivity index (χ0v) is 12.2. The standard InChI is InChI=1S/C12H16BrFN2.ClH/c1-15-11-4-5-16(8-11)7-9-6-10(13)2-3-12(9)14;/h2-3,6,11,15H,4-5,7-8H2,1H3;1H. The van der Waals surface area contributed by atoms with Crippen LogP contribution in [0.5, 0.6) is 0 Å². The molecule has 1 atom stereocenters. The van der Waals surface area contributed by atoms with Crippen LogP contribution in [-0.2, 0) is 6.54 Å². The zero-order valence-electron chi connectivity index (χ0n) is 9.75. The fraction of sp³-hybridized carbons (Fsp3) is 0.500. The number of halogens is 3. The highest BCUT2D eigenvalue weighted by atomic mass is 79.9. The van der Waals surface area contributed by atoms with Crippen LogP contribution < -0.4 is 5.32 Å². The molecule has 0 radical (unpaired) electrons. The van der Waals surface area contributed by atoms with Gasteiger partial charge in [-0.1, -0.05) is 15.9 Å². The molecule has 1 aliphatic rings. The van der Waals surface area contributed by atoms with Crippen LogP contribution >= 0.6 is 28.3 Å². The van der Waals surface area contributed by atoms with E-state index >= 15 is 0 Å². The molecule has 1 saturated heterocycles. The third kappa shape index (κ3) is 3.91. The van der Waals surface area contributed by atoms with E-state index in [0.29, 0.717) is 12.6 Å². The summed E-state index contributed by atoms with van der Waals surface area (Å²) in [7, 11) is 1.98. The van der Waals surface area contributed by atoms with Gasteiger partial charge in [-0.05, 0) is 31.7 Å². The predicted molar refractivity (Wildman–Crippen MR) is 74.1 cm³/mol. The van der Waals surface area contributed by atoms with Gasteiger partial charge < -0.3 is 5.32 Å². The van der Waals surface area contributed by atoms with Gasteiger partial charge in [0.2, 0.25) is 0 Å². The Morgan fingerprint density at radius 2 is 2.29 bits per heavy atom. The lowest BCUT2D eigenvalue weighted by atomic mass is 10.2. The van der Waals surface area contributed by atoms with Crippen molar-refractivity contribution in [3.63, 3.8) is 0 Å². The van der Waals surface area contributed by atoms with Crippen molar-refractivity contribution in [2.45, 2.75) is 19.0 Å². The van der Waals surface area contributed by atoms with Gasteiger partial charge in [0.1, 0.15) is 5.82 Å². The van der Waals surface area contributed by atoms with Crippen molar-refractivity contribution in [1.82, 2.24) is 10.2 Å². The molecule has 2 rings (SSSR count). The minimum Gasteiger partial charge on any atom is -0.316 e. The Balaban J connectivity index is 0.00000144. The Morgan fingerprint density at radius 3 is 2.94 bits per heavy atom. The number of nitrogens with one attached hydrogen (secondary N) is 1. The summed E-state index contributed by atoms with van der Waals surface area (Å²) in [6, 6.07) is 5.67. The Morgan fingerprint density at radius 1 is 1.53 bits per heavy atom. The van der Waals surface area contributed by atoms with Crippen LogP contribution in [0.2, 0.25) is 0 Å². The Labute approximate surface area is 116 Å². The molecule has 0 aliphatic carbocycles. The molecule has 1 aliphatic heterocycles. The summed E-state index contributed by atoms with van der Waals surface area (Å²) in [5.74, 6) is -0.115. The molecule has 1 aromatic rings. The largest absolute Gasteiger partial charge is 0.316 e. The maximum Gasteiger partial charge on any atom is 0.127 e. The lowest BCUT2D eigenvalue weighted by molar-refractivity contribution is 0.317. The average Bonchev–Trinajstić information content (AvgIpc) is 2.71. The van der Waals surface area contributed by atoms with Crippen molar-refractivity contribution >= 4 is 28.3 Å². The molecule has 1 N–H and O–H groups in total. The topological polar surface area (TPSA) is 15.3 Å². The van der Waals surface area contributed by atoms with Gasteiger partial charge in [0.15, 0.2) is 0 Å². The van der Waals surface area contributed by atoms with E-state index in [1.165, 1.54) is 6.07 Å². The van der Waals surface area contributed by atoms with Crippen molar-refractivity contribution in [2.24, 2.45) is 0 Å². The van der Waals surface area contributed by atoms with E-state index in [9.17, 15) is 4.39 Å². The molecule has 5 heteroatoms. The molecule has 2 nitrogen and oxygen atoms in total. The number of hydrogen-bond donors (Lipinski definition) is 1. The minimum absolute atomic E-state index is 0. The van der Waals surface area contributed by atoms with E-state index in [0.717, 1.165) is 29.5 Å². The van der Waals surface area contributed by atoms with E-state index in [-0.39, 0.29) is 18.2 Å². The van der Waals surface area contributed by atoms with E-state index in [1.54, 1.807) is 6.07 Å². The molecule has 1 unspecified atom stereocenters.